The zero-order valence-electron chi connectivity index (χ0n) is 9.68. The van der Waals surface area contributed by atoms with Gasteiger partial charge in [0.2, 0.25) is 11.6 Å². The third-order valence-corrected chi connectivity index (χ3v) is 3.68. The van der Waals surface area contributed by atoms with Crippen molar-refractivity contribution in [2.24, 2.45) is 11.8 Å². The van der Waals surface area contributed by atoms with Crippen molar-refractivity contribution in [2.75, 3.05) is 6.61 Å². The Kier molecular flexibility index (Phi) is 2.34. The number of ether oxygens (including phenoxy) is 1. The van der Waals surface area contributed by atoms with Crippen molar-refractivity contribution in [3.8, 4) is 5.95 Å². The topological polar surface area (TPSA) is 72.6 Å². The van der Waals surface area contributed by atoms with Crippen LogP contribution in [0.4, 0.5) is 0 Å². The maximum Gasteiger partial charge on any atom is 0.362 e. The van der Waals surface area contributed by atoms with E-state index in [4.69, 9.17) is 14.3 Å². The van der Waals surface area contributed by atoms with Crippen LogP contribution < -0.4 is 4.74 Å². The van der Waals surface area contributed by atoms with Crippen LogP contribution in [0.5, 0.6) is 5.95 Å². The summed E-state index contributed by atoms with van der Waals surface area (Å²) in [6.07, 6.45) is 3.48. The van der Waals surface area contributed by atoms with Crippen LogP contribution in [0.2, 0.25) is 0 Å². The van der Waals surface area contributed by atoms with Gasteiger partial charge in [0.05, 0.1) is 6.61 Å². The first kappa shape index (κ1) is 10.6. The zero-order chi connectivity index (χ0) is 12.0. The van der Waals surface area contributed by atoms with Gasteiger partial charge in [0.25, 0.3) is 0 Å². The third-order valence-electron chi connectivity index (χ3n) is 3.68. The van der Waals surface area contributed by atoms with E-state index in [9.17, 15) is 4.79 Å². The van der Waals surface area contributed by atoms with Crippen molar-refractivity contribution < 1.29 is 19.1 Å². The van der Waals surface area contributed by atoms with Crippen LogP contribution in [0.1, 0.15) is 48.5 Å². The van der Waals surface area contributed by atoms with Gasteiger partial charge in [0.15, 0.2) is 0 Å². The molecule has 0 amide bonds. The first-order chi connectivity index (χ1) is 8.19. The number of nitrogens with zero attached hydrogens (tertiary/aromatic N) is 1. The van der Waals surface area contributed by atoms with Gasteiger partial charge in [-0.1, -0.05) is 0 Å². The molecule has 5 nitrogen and oxygen atoms in total. The van der Waals surface area contributed by atoms with Crippen LogP contribution in [0.3, 0.4) is 0 Å². The molecule has 17 heavy (non-hydrogen) atoms. The number of oxazole rings is 1. The SMILES string of the molecule is CCOc1oc(C2CC3CC3C2)nc1C(=O)O. The van der Waals surface area contributed by atoms with Crippen LogP contribution in [-0.2, 0) is 0 Å². The van der Waals surface area contributed by atoms with E-state index in [-0.39, 0.29) is 17.6 Å². The summed E-state index contributed by atoms with van der Waals surface area (Å²) in [5.74, 6) is 1.41. The van der Waals surface area contributed by atoms with Crippen LogP contribution in [0.25, 0.3) is 0 Å². The van der Waals surface area contributed by atoms with Crippen LogP contribution in [-0.4, -0.2) is 22.7 Å². The van der Waals surface area contributed by atoms with Crippen LogP contribution in [0, 0.1) is 11.8 Å². The highest BCUT2D eigenvalue weighted by Gasteiger charge is 2.48. The predicted molar refractivity (Wildman–Crippen MR) is 58.2 cm³/mol. The number of hydrogen-bond acceptors (Lipinski definition) is 4. The monoisotopic (exact) mass is 237 g/mol. The Morgan fingerprint density at radius 2 is 2.18 bits per heavy atom. The van der Waals surface area contributed by atoms with Crippen molar-refractivity contribution in [1.29, 1.82) is 0 Å². The van der Waals surface area contributed by atoms with Gasteiger partial charge in [-0.2, -0.15) is 0 Å². The fourth-order valence-electron chi connectivity index (χ4n) is 2.78. The molecule has 5 heteroatoms. The number of fused-ring (bicyclic) bond motifs is 1. The third kappa shape index (κ3) is 1.79. The van der Waals surface area contributed by atoms with E-state index in [0.29, 0.717) is 12.5 Å². The number of carboxylic acids is 1. The second-order valence-corrected chi connectivity index (χ2v) is 4.85. The molecule has 0 saturated heterocycles. The minimum absolute atomic E-state index is 0.0515. The van der Waals surface area contributed by atoms with Crippen LogP contribution >= 0.6 is 0 Å². The number of carbonyl (C=O) groups is 1. The largest absolute Gasteiger partial charge is 0.476 e. The van der Waals surface area contributed by atoms with Crippen molar-refractivity contribution in [3.05, 3.63) is 11.6 Å². The van der Waals surface area contributed by atoms with Crippen molar-refractivity contribution in [3.63, 3.8) is 0 Å². The number of carboxylic acid groups (broad SMARTS) is 1. The van der Waals surface area contributed by atoms with Crippen molar-refractivity contribution in [1.82, 2.24) is 4.98 Å². The van der Waals surface area contributed by atoms with E-state index in [2.05, 4.69) is 4.98 Å². The summed E-state index contributed by atoms with van der Waals surface area (Å²) in [7, 11) is 0. The molecule has 1 N–H and O–H groups in total. The first-order valence-electron chi connectivity index (χ1n) is 6.05. The molecule has 2 atom stereocenters. The van der Waals surface area contributed by atoms with E-state index in [0.717, 1.165) is 24.7 Å². The Labute approximate surface area is 98.8 Å². The lowest BCUT2D eigenvalue weighted by molar-refractivity contribution is 0.0683. The summed E-state index contributed by atoms with van der Waals surface area (Å²) < 4.78 is 10.6. The van der Waals surface area contributed by atoms with Crippen LogP contribution in [0.15, 0.2) is 4.42 Å². The average molecular weight is 237 g/mol. The second kappa shape index (κ2) is 3.75. The molecule has 2 aliphatic carbocycles. The molecule has 3 rings (SSSR count). The summed E-state index contributed by atoms with van der Waals surface area (Å²) in [6.45, 7) is 2.17. The molecule has 0 radical (unpaired) electrons. The Morgan fingerprint density at radius 1 is 1.47 bits per heavy atom. The second-order valence-electron chi connectivity index (χ2n) is 4.85. The van der Waals surface area contributed by atoms with Crippen molar-refractivity contribution >= 4 is 5.97 Å². The molecular formula is C12H15NO4. The normalized spacial score (nSPS) is 30.1. The Bertz CT molecular complexity index is 443. The standard InChI is InChI=1S/C12H15NO4/c1-2-16-12-9(11(14)15)13-10(17-12)8-4-6-3-7(6)5-8/h6-8H,2-5H2,1H3,(H,14,15). The lowest BCUT2D eigenvalue weighted by Crippen LogP contribution is -2.02. The molecule has 92 valence electrons. The van der Waals surface area contributed by atoms with Gasteiger partial charge in [0, 0.05) is 5.92 Å². The molecule has 2 aliphatic rings. The van der Waals surface area contributed by atoms with E-state index in [1.54, 1.807) is 6.92 Å². The highest BCUT2D eigenvalue weighted by Crippen LogP contribution is 2.57. The quantitative estimate of drug-likeness (QED) is 0.869. The zero-order valence-corrected chi connectivity index (χ0v) is 9.68. The highest BCUT2D eigenvalue weighted by molar-refractivity contribution is 5.87. The average Bonchev–Trinajstić information content (AvgIpc) is 2.77. The molecule has 0 spiro atoms. The molecule has 0 aliphatic heterocycles. The summed E-state index contributed by atoms with van der Waals surface area (Å²) in [4.78, 5) is 15.1. The molecule has 1 aromatic heterocycles. The Hall–Kier alpha value is -1.52. The number of aromatic carboxylic acids is 1. The first-order valence-corrected chi connectivity index (χ1v) is 6.05. The number of hydrogen-bond donors (Lipinski definition) is 1. The van der Waals surface area contributed by atoms with Gasteiger partial charge in [-0.25, -0.2) is 9.78 Å². The Morgan fingerprint density at radius 3 is 2.76 bits per heavy atom. The summed E-state index contributed by atoms with van der Waals surface area (Å²) in [6, 6.07) is 0. The maximum atomic E-state index is 11.0. The molecular weight excluding hydrogens is 222 g/mol. The predicted octanol–water partition coefficient (Wildman–Crippen LogP) is 2.28. The smallest absolute Gasteiger partial charge is 0.362 e. The fraction of sp³-hybridized carbons (Fsp3) is 0.667. The lowest BCUT2D eigenvalue weighted by atomic mass is 10.0. The maximum absolute atomic E-state index is 11.0. The summed E-state index contributed by atoms with van der Waals surface area (Å²) >= 11 is 0. The van der Waals surface area contributed by atoms with E-state index in [1.165, 1.54) is 6.42 Å². The van der Waals surface area contributed by atoms with E-state index in [1.807, 2.05) is 0 Å². The van der Waals surface area contributed by atoms with Gasteiger partial charge in [0.1, 0.15) is 0 Å². The van der Waals surface area contributed by atoms with Gasteiger partial charge in [-0.3, -0.25) is 0 Å². The molecule has 0 bridgehead atoms. The van der Waals surface area contributed by atoms with Gasteiger partial charge >= 0.3 is 11.9 Å². The lowest BCUT2D eigenvalue weighted by Gasteiger charge is -2.05. The number of rotatable bonds is 4. The van der Waals surface area contributed by atoms with Gasteiger partial charge < -0.3 is 14.3 Å². The minimum atomic E-state index is -1.09. The molecule has 1 aromatic rings. The van der Waals surface area contributed by atoms with E-state index < -0.39 is 5.97 Å². The fourth-order valence-corrected chi connectivity index (χ4v) is 2.78. The van der Waals surface area contributed by atoms with E-state index >= 15 is 0 Å². The molecule has 2 fully saturated rings. The minimum Gasteiger partial charge on any atom is -0.476 e. The molecule has 2 saturated carbocycles. The highest BCUT2D eigenvalue weighted by atomic mass is 16.6. The number of aromatic nitrogens is 1. The molecule has 0 aromatic carbocycles. The molecule has 2 unspecified atom stereocenters. The Balaban J connectivity index is 1.84. The molecule has 1 heterocycles. The van der Waals surface area contributed by atoms with Gasteiger partial charge in [-0.05, 0) is 38.0 Å². The summed E-state index contributed by atoms with van der Waals surface area (Å²) in [5.41, 5.74) is -0.0950. The summed E-state index contributed by atoms with van der Waals surface area (Å²) in [5, 5.41) is 9.01. The van der Waals surface area contributed by atoms with Crippen molar-refractivity contribution in [2.45, 2.75) is 32.1 Å². The van der Waals surface area contributed by atoms with Gasteiger partial charge in [-0.15, -0.1) is 0 Å².